The molecule has 1 unspecified atom stereocenters. The molecule has 1 atom stereocenters. The number of ether oxygens (including phenoxy) is 1. The first kappa shape index (κ1) is 24.2. The minimum absolute atomic E-state index is 0.136. The second kappa shape index (κ2) is 9.87. The zero-order valence-corrected chi connectivity index (χ0v) is 20.7. The SMILES string of the molecule is CCOC(=O)c1cccc2c(Cl)c(C(C)Nc3ncnc4[nH]ccc(=O)c34)n(-c3ccccc3)c(=O)c12. The van der Waals surface area contributed by atoms with Gasteiger partial charge in [-0.15, -0.1) is 0 Å². The highest BCUT2D eigenvalue weighted by molar-refractivity contribution is 6.36. The number of aromatic nitrogens is 4. The van der Waals surface area contributed by atoms with Gasteiger partial charge in [0, 0.05) is 23.3 Å². The number of nitrogens with zero attached hydrogens (tertiary/aromatic N) is 3. The average molecular weight is 516 g/mol. The summed E-state index contributed by atoms with van der Waals surface area (Å²) in [6.07, 6.45) is 2.85. The lowest BCUT2D eigenvalue weighted by Gasteiger charge is -2.23. The van der Waals surface area contributed by atoms with Crippen LogP contribution in [0.4, 0.5) is 5.82 Å². The third kappa shape index (κ3) is 4.23. The zero-order valence-electron chi connectivity index (χ0n) is 20.0. The molecule has 9 nitrogen and oxygen atoms in total. The molecular weight excluding hydrogens is 494 g/mol. The smallest absolute Gasteiger partial charge is 0.338 e. The van der Waals surface area contributed by atoms with Crippen LogP contribution in [0, 0.1) is 0 Å². The number of halogens is 1. The van der Waals surface area contributed by atoms with Crippen LogP contribution in [0.25, 0.3) is 27.5 Å². The molecule has 2 aromatic carbocycles. The van der Waals surface area contributed by atoms with Crippen LogP contribution >= 0.6 is 11.6 Å². The number of aromatic amines is 1. The Hall–Kier alpha value is -4.50. The molecule has 0 saturated carbocycles. The Morgan fingerprint density at radius 3 is 2.62 bits per heavy atom. The fourth-order valence-electron chi connectivity index (χ4n) is 4.41. The summed E-state index contributed by atoms with van der Waals surface area (Å²) in [5.41, 5.74) is 0.823. The Balaban J connectivity index is 1.78. The molecule has 5 rings (SSSR count). The van der Waals surface area contributed by atoms with Crippen LogP contribution in [0.1, 0.15) is 35.9 Å². The average Bonchev–Trinajstić information content (AvgIpc) is 2.91. The number of hydrogen-bond donors (Lipinski definition) is 2. The van der Waals surface area contributed by atoms with Crippen molar-refractivity contribution in [1.29, 1.82) is 0 Å². The van der Waals surface area contributed by atoms with Gasteiger partial charge in [0.15, 0.2) is 5.43 Å². The van der Waals surface area contributed by atoms with Crippen LogP contribution in [0.2, 0.25) is 5.02 Å². The molecule has 2 N–H and O–H groups in total. The molecule has 10 heteroatoms. The highest BCUT2D eigenvalue weighted by atomic mass is 35.5. The molecule has 0 bridgehead atoms. The molecule has 0 amide bonds. The molecular formula is C27H22ClN5O4. The van der Waals surface area contributed by atoms with E-state index >= 15 is 0 Å². The quantitative estimate of drug-likeness (QED) is 0.316. The van der Waals surface area contributed by atoms with Crippen molar-refractivity contribution in [3.8, 4) is 5.69 Å². The van der Waals surface area contributed by atoms with Crippen LogP contribution in [-0.2, 0) is 4.74 Å². The summed E-state index contributed by atoms with van der Waals surface area (Å²) in [5, 5.41) is 4.37. The molecule has 37 heavy (non-hydrogen) atoms. The van der Waals surface area contributed by atoms with Crippen molar-refractivity contribution in [2.75, 3.05) is 11.9 Å². The van der Waals surface area contributed by atoms with Crippen molar-refractivity contribution < 1.29 is 9.53 Å². The molecule has 3 heterocycles. The number of anilines is 1. The van der Waals surface area contributed by atoms with Gasteiger partial charge < -0.3 is 15.0 Å². The first-order valence-corrected chi connectivity index (χ1v) is 12.0. The van der Waals surface area contributed by atoms with Crippen LogP contribution < -0.4 is 16.3 Å². The largest absolute Gasteiger partial charge is 0.462 e. The number of nitrogens with one attached hydrogen (secondary N) is 2. The lowest BCUT2D eigenvalue weighted by Crippen LogP contribution is -2.28. The van der Waals surface area contributed by atoms with E-state index in [1.807, 2.05) is 13.0 Å². The summed E-state index contributed by atoms with van der Waals surface area (Å²) in [4.78, 5) is 50.7. The number of fused-ring (bicyclic) bond motifs is 2. The summed E-state index contributed by atoms with van der Waals surface area (Å²) >= 11 is 6.98. The van der Waals surface area contributed by atoms with Gasteiger partial charge in [0.05, 0.1) is 34.3 Å². The van der Waals surface area contributed by atoms with Gasteiger partial charge in [-0.2, -0.15) is 0 Å². The molecule has 0 aliphatic heterocycles. The summed E-state index contributed by atoms with van der Waals surface area (Å²) < 4.78 is 6.67. The molecule has 0 fully saturated rings. The van der Waals surface area contributed by atoms with Gasteiger partial charge in [0.25, 0.3) is 5.56 Å². The van der Waals surface area contributed by atoms with E-state index in [0.717, 1.165) is 0 Å². The van der Waals surface area contributed by atoms with E-state index in [1.165, 1.54) is 23.2 Å². The van der Waals surface area contributed by atoms with Gasteiger partial charge >= 0.3 is 5.97 Å². The van der Waals surface area contributed by atoms with Gasteiger partial charge in [-0.1, -0.05) is 41.9 Å². The van der Waals surface area contributed by atoms with Crippen LogP contribution in [0.5, 0.6) is 0 Å². The van der Waals surface area contributed by atoms with E-state index in [9.17, 15) is 14.4 Å². The Morgan fingerprint density at radius 2 is 1.86 bits per heavy atom. The number of para-hydroxylation sites is 1. The van der Waals surface area contributed by atoms with Crippen molar-refractivity contribution >= 4 is 45.2 Å². The maximum absolute atomic E-state index is 14.0. The predicted octanol–water partition coefficient (Wildman–Crippen LogP) is 4.63. The third-order valence-electron chi connectivity index (χ3n) is 6.01. The highest BCUT2D eigenvalue weighted by Crippen LogP contribution is 2.34. The molecule has 0 spiro atoms. The van der Waals surface area contributed by atoms with Gasteiger partial charge in [0.1, 0.15) is 23.2 Å². The highest BCUT2D eigenvalue weighted by Gasteiger charge is 2.25. The molecule has 0 saturated heterocycles. The second-order valence-electron chi connectivity index (χ2n) is 8.28. The Kier molecular flexibility index (Phi) is 6.45. The molecule has 0 aliphatic rings. The van der Waals surface area contributed by atoms with Gasteiger partial charge in [-0.05, 0) is 32.0 Å². The summed E-state index contributed by atoms with van der Waals surface area (Å²) in [5.74, 6) is -0.311. The van der Waals surface area contributed by atoms with E-state index < -0.39 is 17.6 Å². The lowest BCUT2D eigenvalue weighted by atomic mass is 10.0. The van der Waals surface area contributed by atoms with Crippen molar-refractivity contribution in [2.24, 2.45) is 0 Å². The number of esters is 1. The van der Waals surface area contributed by atoms with Crippen molar-refractivity contribution in [2.45, 2.75) is 19.9 Å². The van der Waals surface area contributed by atoms with Crippen LogP contribution in [-0.4, -0.2) is 32.1 Å². The van der Waals surface area contributed by atoms with Gasteiger partial charge in [-0.3, -0.25) is 14.2 Å². The Morgan fingerprint density at radius 1 is 1.08 bits per heavy atom. The van der Waals surface area contributed by atoms with Crippen molar-refractivity contribution in [1.82, 2.24) is 19.5 Å². The lowest BCUT2D eigenvalue weighted by molar-refractivity contribution is 0.0528. The van der Waals surface area contributed by atoms with Crippen molar-refractivity contribution in [3.05, 3.63) is 104 Å². The minimum atomic E-state index is -0.605. The minimum Gasteiger partial charge on any atom is -0.462 e. The van der Waals surface area contributed by atoms with Crippen LogP contribution in [0.3, 0.4) is 0 Å². The third-order valence-corrected chi connectivity index (χ3v) is 6.40. The van der Waals surface area contributed by atoms with Crippen LogP contribution in [0.15, 0.2) is 76.7 Å². The number of H-pyrrole nitrogens is 1. The molecule has 5 aromatic rings. The zero-order chi connectivity index (χ0) is 26.1. The number of rotatable bonds is 6. The fraction of sp³-hybridized carbons (Fsp3) is 0.148. The Bertz CT molecular complexity index is 1760. The van der Waals surface area contributed by atoms with Gasteiger partial charge in [-0.25, -0.2) is 14.8 Å². The Labute approximate surface area is 215 Å². The fourth-order valence-corrected chi connectivity index (χ4v) is 4.82. The number of pyridine rings is 2. The van der Waals surface area contributed by atoms with E-state index in [4.69, 9.17) is 16.3 Å². The maximum atomic E-state index is 14.0. The second-order valence-corrected chi connectivity index (χ2v) is 8.66. The molecule has 3 aromatic heterocycles. The summed E-state index contributed by atoms with van der Waals surface area (Å²) in [6, 6.07) is 14.7. The van der Waals surface area contributed by atoms with Crippen molar-refractivity contribution in [3.63, 3.8) is 0 Å². The summed E-state index contributed by atoms with van der Waals surface area (Å²) in [6.45, 7) is 3.68. The summed E-state index contributed by atoms with van der Waals surface area (Å²) in [7, 11) is 0. The normalized spacial score (nSPS) is 12.0. The standard InChI is InChI=1S/C27H22ClN5O4/c1-3-37-27(36)18-11-7-10-17-20(18)26(35)33(16-8-5-4-6-9-16)23(22(17)28)15(2)32-25-21-19(34)12-13-29-24(21)30-14-31-25/h4-15H,3H2,1-2H3,(H2,29,30,31,32,34). The predicted molar refractivity (Wildman–Crippen MR) is 143 cm³/mol. The molecule has 0 aliphatic carbocycles. The molecule has 0 radical (unpaired) electrons. The number of benzene rings is 2. The number of carbonyl (C=O) groups is 1. The number of carbonyl (C=O) groups excluding carboxylic acids is 1. The van der Waals surface area contributed by atoms with E-state index in [2.05, 4.69) is 20.3 Å². The van der Waals surface area contributed by atoms with E-state index in [1.54, 1.807) is 49.4 Å². The first-order valence-electron chi connectivity index (χ1n) is 11.6. The van der Waals surface area contributed by atoms with E-state index in [0.29, 0.717) is 28.2 Å². The maximum Gasteiger partial charge on any atom is 0.338 e. The van der Waals surface area contributed by atoms with Gasteiger partial charge in [0.2, 0.25) is 0 Å². The van der Waals surface area contributed by atoms with E-state index in [-0.39, 0.29) is 33.4 Å². The molecule has 186 valence electrons. The first-order chi connectivity index (χ1) is 17.9. The topological polar surface area (TPSA) is 119 Å². The monoisotopic (exact) mass is 515 g/mol. The number of hydrogen-bond acceptors (Lipinski definition) is 7.